The lowest BCUT2D eigenvalue weighted by molar-refractivity contribution is 0.0732. The Balaban J connectivity index is 1.98. The zero-order valence-electron chi connectivity index (χ0n) is 14.5. The van der Waals surface area contributed by atoms with Crippen molar-refractivity contribution in [2.45, 2.75) is 27.2 Å². The number of rotatable bonds is 4. The number of nitrogens with zero attached hydrogens (tertiary/aromatic N) is 1. The van der Waals surface area contributed by atoms with Crippen LogP contribution in [-0.4, -0.2) is 16.7 Å². The number of aryl methyl sites for hydroxylation is 2. The van der Waals surface area contributed by atoms with Crippen LogP contribution in [0.3, 0.4) is 0 Å². The van der Waals surface area contributed by atoms with Gasteiger partial charge in [-0.15, -0.1) is 0 Å². The van der Waals surface area contributed by atoms with Crippen molar-refractivity contribution in [3.8, 4) is 5.75 Å². The molecule has 0 aliphatic carbocycles. The van der Waals surface area contributed by atoms with Crippen LogP contribution in [0.1, 0.15) is 45.8 Å². The van der Waals surface area contributed by atoms with Gasteiger partial charge >= 0.3 is 5.97 Å². The summed E-state index contributed by atoms with van der Waals surface area (Å²) >= 11 is 0. The Hall–Kier alpha value is -3.01. The highest BCUT2D eigenvalue weighted by Gasteiger charge is 2.19. The van der Waals surface area contributed by atoms with E-state index >= 15 is 0 Å². The number of Topliss-reactive ketones (excluding diaryl/α,β-unsaturated/α-hetero) is 1. The van der Waals surface area contributed by atoms with Gasteiger partial charge in [0.25, 0.3) is 0 Å². The molecule has 0 amide bonds. The number of aromatic nitrogens is 1. The average molecular weight is 333 g/mol. The maximum atomic E-state index is 12.7. The molecule has 25 heavy (non-hydrogen) atoms. The summed E-state index contributed by atoms with van der Waals surface area (Å²) in [6.07, 6.45) is 0.638. The number of benzene rings is 2. The van der Waals surface area contributed by atoms with Gasteiger partial charge < -0.3 is 4.74 Å². The standard InChI is InChI=1S/C21H19NO3/c1-4-18-20(13(2)17-7-5-6-8-19(17)22-18)21(24)25-16-11-9-15(10-12-16)14(3)23/h5-12H,4H2,1-3H3. The van der Waals surface area contributed by atoms with Crippen molar-refractivity contribution < 1.29 is 14.3 Å². The first-order valence-electron chi connectivity index (χ1n) is 8.22. The molecule has 0 saturated carbocycles. The average Bonchev–Trinajstić information content (AvgIpc) is 2.61. The Morgan fingerprint density at radius 3 is 2.36 bits per heavy atom. The fourth-order valence-corrected chi connectivity index (χ4v) is 2.88. The van der Waals surface area contributed by atoms with Crippen LogP contribution in [0.4, 0.5) is 0 Å². The summed E-state index contributed by atoms with van der Waals surface area (Å²) in [5, 5.41) is 0.943. The molecular formula is C21H19NO3. The van der Waals surface area contributed by atoms with Crippen molar-refractivity contribution >= 4 is 22.7 Å². The monoisotopic (exact) mass is 333 g/mol. The molecule has 2 aromatic carbocycles. The Kier molecular flexibility index (Phi) is 4.61. The number of fused-ring (bicyclic) bond motifs is 1. The van der Waals surface area contributed by atoms with Gasteiger partial charge in [-0.2, -0.15) is 0 Å². The van der Waals surface area contributed by atoms with Gasteiger partial charge in [0.2, 0.25) is 0 Å². The Morgan fingerprint density at radius 1 is 1.04 bits per heavy atom. The summed E-state index contributed by atoms with van der Waals surface area (Å²) in [5.74, 6) is -0.0477. The molecule has 0 N–H and O–H groups in total. The fourth-order valence-electron chi connectivity index (χ4n) is 2.88. The Labute approximate surface area is 146 Å². The lowest BCUT2D eigenvalue weighted by Gasteiger charge is -2.13. The summed E-state index contributed by atoms with van der Waals surface area (Å²) in [4.78, 5) is 28.7. The zero-order chi connectivity index (χ0) is 18.0. The predicted octanol–water partition coefficient (Wildman–Crippen LogP) is 4.53. The molecule has 0 atom stereocenters. The van der Waals surface area contributed by atoms with Gasteiger partial charge in [-0.1, -0.05) is 25.1 Å². The Morgan fingerprint density at radius 2 is 1.72 bits per heavy atom. The van der Waals surface area contributed by atoms with Crippen LogP contribution in [-0.2, 0) is 6.42 Å². The second-order valence-corrected chi connectivity index (χ2v) is 5.90. The molecule has 0 aliphatic rings. The molecule has 0 fully saturated rings. The van der Waals surface area contributed by atoms with Crippen LogP contribution in [0.5, 0.6) is 5.75 Å². The molecule has 0 unspecified atom stereocenters. The molecule has 1 aromatic heterocycles. The highest BCUT2D eigenvalue weighted by molar-refractivity contribution is 5.99. The Bertz CT molecular complexity index is 959. The number of carbonyl (C=O) groups is 2. The van der Waals surface area contributed by atoms with Crippen molar-refractivity contribution in [2.75, 3.05) is 0 Å². The summed E-state index contributed by atoms with van der Waals surface area (Å²) in [7, 11) is 0. The van der Waals surface area contributed by atoms with Crippen LogP contribution < -0.4 is 4.74 Å². The van der Waals surface area contributed by atoms with Crippen molar-refractivity contribution in [3.63, 3.8) is 0 Å². The van der Waals surface area contributed by atoms with E-state index in [1.165, 1.54) is 6.92 Å². The molecule has 1 heterocycles. The van der Waals surface area contributed by atoms with Gasteiger partial charge in [0.1, 0.15) is 5.75 Å². The smallest absolute Gasteiger partial charge is 0.345 e. The lowest BCUT2D eigenvalue weighted by atomic mass is 10.0. The molecule has 3 aromatic rings. The number of hydrogen-bond acceptors (Lipinski definition) is 4. The number of ketones is 1. The molecule has 4 heteroatoms. The summed E-state index contributed by atoms with van der Waals surface area (Å²) in [6, 6.07) is 14.3. The molecule has 0 spiro atoms. The van der Waals surface area contributed by atoms with Crippen LogP contribution in [0.15, 0.2) is 48.5 Å². The molecule has 3 rings (SSSR count). The lowest BCUT2D eigenvalue weighted by Crippen LogP contribution is -2.15. The number of ether oxygens (including phenoxy) is 1. The number of carbonyl (C=O) groups excluding carboxylic acids is 2. The molecule has 0 radical (unpaired) electrons. The van der Waals surface area contributed by atoms with E-state index in [9.17, 15) is 9.59 Å². The topological polar surface area (TPSA) is 56.3 Å². The van der Waals surface area contributed by atoms with E-state index < -0.39 is 5.97 Å². The molecule has 0 saturated heterocycles. The van der Waals surface area contributed by atoms with Gasteiger partial charge in [0.15, 0.2) is 5.78 Å². The third-order valence-corrected chi connectivity index (χ3v) is 4.24. The van der Waals surface area contributed by atoms with E-state index in [4.69, 9.17) is 4.74 Å². The van der Waals surface area contributed by atoms with E-state index in [1.54, 1.807) is 24.3 Å². The maximum Gasteiger partial charge on any atom is 0.345 e. The SMILES string of the molecule is CCc1nc2ccccc2c(C)c1C(=O)Oc1ccc(C(C)=O)cc1. The minimum Gasteiger partial charge on any atom is -0.423 e. The molecule has 0 aliphatic heterocycles. The van der Waals surface area contributed by atoms with Crippen LogP contribution >= 0.6 is 0 Å². The van der Waals surface area contributed by atoms with Gasteiger partial charge in [0, 0.05) is 10.9 Å². The minimum atomic E-state index is -0.428. The van der Waals surface area contributed by atoms with E-state index in [0.29, 0.717) is 23.3 Å². The molecule has 0 bridgehead atoms. The summed E-state index contributed by atoms with van der Waals surface area (Å²) in [6.45, 7) is 5.38. The normalized spacial score (nSPS) is 10.7. The minimum absolute atomic E-state index is 0.0271. The van der Waals surface area contributed by atoms with Crippen molar-refractivity contribution in [1.82, 2.24) is 4.98 Å². The quantitative estimate of drug-likeness (QED) is 0.400. The summed E-state index contributed by atoms with van der Waals surface area (Å²) in [5.41, 5.74) is 3.56. The van der Waals surface area contributed by atoms with Crippen LogP contribution in [0.2, 0.25) is 0 Å². The third-order valence-electron chi connectivity index (χ3n) is 4.24. The first kappa shape index (κ1) is 16.8. The van der Waals surface area contributed by atoms with Gasteiger partial charge in [-0.25, -0.2) is 4.79 Å². The van der Waals surface area contributed by atoms with Crippen molar-refractivity contribution in [3.05, 3.63) is 70.9 Å². The first-order chi connectivity index (χ1) is 12.0. The van der Waals surface area contributed by atoms with Crippen molar-refractivity contribution in [1.29, 1.82) is 0 Å². The fraction of sp³-hybridized carbons (Fsp3) is 0.190. The van der Waals surface area contributed by atoms with E-state index in [2.05, 4.69) is 4.98 Å². The van der Waals surface area contributed by atoms with E-state index in [1.807, 2.05) is 38.1 Å². The molecule has 4 nitrogen and oxygen atoms in total. The second-order valence-electron chi connectivity index (χ2n) is 5.90. The molecular weight excluding hydrogens is 314 g/mol. The van der Waals surface area contributed by atoms with Gasteiger partial charge in [-0.05, 0) is 56.2 Å². The third kappa shape index (κ3) is 3.29. The summed E-state index contributed by atoms with van der Waals surface area (Å²) < 4.78 is 5.52. The zero-order valence-corrected chi connectivity index (χ0v) is 14.5. The highest BCUT2D eigenvalue weighted by atomic mass is 16.5. The van der Waals surface area contributed by atoms with Gasteiger partial charge in [0.05, 0.1) is 16.8 Å². The number of esters is 1. The van der Waals surface area contributed by atoms with E-state index in [-0.39, 0.29) is 5.78 Å². The predicted molar refractivity (Wildman–Crippen MR) is 97.3 cm³/mol. The number of hydrogen-bond donors (Lipinski definition) is 0. The first-order valence-corrected chi connectivity index (χ1v) is 8.22. The van der Waals surface area contributed by atoms with Crippen molar-refractivity contribution in [2.24, 2.45) is 0 Å². The maximum absolute atomic E-state index is 12.7. The van der Waals surface area contributed by atoms with Crippen LogP contribution in [0, 0.1) is 6.92 Å². The highest BCUT2D eigenvalue weighted by Crippen LogP contribution is 2.25. The number of pyridine rings is 1. The largest absolute Gasteiger partial charge is 0.423 e. The van der Waals surface area contributed by atoms with Gasteiger partial charge in [-0.3, -0.25) is 9.78 Å². The number of para-hydroxylation sites is 1. The second kappa shape index (κ2) is 6.85. The molecule has 126 valence electrons. The van der Waals surface area contributed by atoms with Crippen LogP contribution in [0.25, 0.3) is 10.9 Å². The van der Waals surface area contributed by atoms with E-state index in [0.717, 1.165) is 22.2 Å².